The highest BCUT2D eigenvalue weighted by molar-refractivity contribution is 5.60. The highest BCUT2D eigenvalue weighted by Crippen LogP contribution is 2.38. The molecule has 0 aliphatic carbocycles. The molecule has 3 nitrogen and oxygen atoms in total. The zero-order valence-electron chi connectivity index (χ0n) is 9.46. The summed E-state index contributed by atoms with van der Waals surface area (Å²) < 4.78 is 11.0. The Kier molecular flexibility index (Phi) is 2.25. The van der Waals surface area contributed by atoms with Crippen molar-refractivity contribution in [3.05, 3.63) is 17.7 Å². The van der Waals surface area contributed by atoms with Gasteiger partial charge in [0.1, 0.15) is 13.2 Å². The van der Waals surface area contributed by atoms with Crippen molar-refractivity contribution in [3.63, 3.8) is 0 Å². The van der Waals surface area contributed by atoms with Gasteiger partial charge in [-0.05, 0) is 17.0 Å². The summed E-state index contributed by atoms with van der Waals surface area (Å²) in [6.45, 7) is 7.61. The SMILES string of the molecule is CC(C)(C)c1cc2c(cc1N)OCCO2. The van der Waals surface area contributed by atoms with E-state index < -0.39 is 0 Å². The molecule has 1 aliphatic heterocycles. The minimum atomic E-state index is 0.0277. The van der Waals surface area contributed by atoms with Crippen LogP contribution in [0.2, 0.25) is 0 Å². The van der Waals surface area contributed by atoms with E-state index >= 15 is 0 Å². The number of hydrogen-bond donors (Lipinski definition) is 1. The van der Waals surface area contributed by atoms with Gasteiger partial charge in [0.2, 0.25) is 0 Å². The van der Waals surface area contributed by atoms with Crippen LogP contribution in [0.4, 0.5) is 5.69 Å². The van der Waals surface area contributed by atoms with E-state index in [2.05, 4.69) is 20.8 Å². The summed E-state index contributed by atoms with van der Waals surface area (Å²) in [5, 5.41) is 0. The molecule has 1 aromatic rings. The van der Waals surface area contributed by atoms with Crippen molar-refractivity contribution >= 4 is 5.69 Å². The highest BCUT2D eigenvalue weighted by Gasteiger charge is 2.21. The van der Waals surface area contributed by atoms with Crippen LogP contribution in [0.25, 0.3) is 0 Å². The molecule has 1 heterocycles. The lowest BCUT2D eigenvalue weighted by Gasteiger charge is -2.25. The monoisotopic (exact) mass is 207 g/mol. The lowest BCUT2D eigenvalue weighted by molar-refractivity contribution is 0.171. The van der Waals surface area contributed by atoms with Gasteiger partial charge in [-0.2, -0.15) is 0 Å². The molecule has 0 atom stereocenters. The molecule has 0 bridgehead atoms. The zero-order chi connectivity index (χ0) is 11.1. The van der Waals surface area contributed by atoms with E-state index in [4.69, 9.17) is 15.2 Å². The predicted octanol–water partition coefficient (Wildman–Crippen LogP) is 2.34. The molecule has 0 radical (unpaired) electrons. The normalized spacial score (nSPS) is 15.1. The first-order chi connectivity index (χ1) is 6.98. The number of nitrogen functional groups attached to an aromatic ring is 1. The summed E-state index contributed by atoms with van der Waals surface area (Å²) in [7, 11) is 0. The quantitative estimate of drug-likeness (QED) is 0.664. The molecule has 0 aromatic heterocycles. The molecule has 0 unspecified atom stereocenters. The van der Waals surface area contributed by atoms with Crippen LogP contribution >= 0.6 is 0 Å². The minimum Gasteiger partial charge on any atom is -0.486 e. The number of ether oxygens (including phenoxy) is 2. The van der Waals surface area contributed by atoms with E-state index in [9.17, 15) is 0 Å². The fourth-order valence-electron chi connectivity index (χ4n) is 1.75. The van der Waals surface area contributed by atoms with Gasteiger partial charge in [0.25, 0.3) is 0 Å². The Bertz CT molecular complexity index is 380. The van der Waals surface area contributed by atoms with Crippen LogP contribution in [-0.4, -0.2) is 13.2 Å². The van der Waals surface area contributed by atoms with Gasteiger partial charge in [0.05, 0.1) is 0 Å². The maximum Gasteiger partial charge on any atom is 0.163 e. The van der Waals surface area contributed by atoms with Crippen LogP contribution in [-0.2, 0) is 5.41 Å². The number of nitrogens with two attached hydrogens (primary N) is 1. The topological polar surface area (TPSA) is 44.5 Å². The van der Waals surface area contributed by atoms with Crippen molar-refractivity contribution in [1.82, 2.24) is 0 Å². The third-order valence-corrected chi connectivity index (χ3v) is 2.52. The first-order valence-corrected chi connectivity index (χ1v) is 5.18. The summed E-state index contributed by atoms with van der Waals surface area (Å²) in [4.78, 5) is 0. The van der Waals surface area contributed by atoms with Crippen LogP contribution < -0.4 is 15.2 Å². The summed E-state index contributed by atoms with van der Waals surface area (Å²) in [5.41, 5.74) is 7.90. The summed E-state index contributed by atoms with van der Waals surface area (Å²) in [5.74, 6) is 1.56. The average Bonchev–Trinajstić information content (AvgIpc) is 2.15. The number of benzene rings is 1. The smallest absolute Gasteiger partial charge is 0.163 e. The Morgan fingerprint density at radius 3 is 2.13 bits per heavy atom. The molecule has 1 aliphatic rings. The second kappa shape index (κ2) is 3.33. The third kappa shape index (κ3) is 1.87. The molecule has 0 saturated carbocycles. The van der Waals surface area contributed by atoms with E-state index in [0.717, 1.165) is 22.7 Å². The first kappa shape index (κ1) is 10.1. The highest BCUT2D eigenvalue weighted by atomic mass is 16.6. The fourth-order valence-corrected chi connectivity index (χ4v) is 1.75. The second-order valence-corrected chi connectivity index (χ2v) is 4.83. The van der Waals surface area contributed by atoms with E-state index in [-0.39, 0.29) is 5.41 Å². The Labute approximate surface area is 90.2 Å². The van der Waals surface area contributed by atoms with E-state index in [1.54, 1.807) is 0 Å². The Morgan fingerprint density at radius 2 is 1.60 bits per heavy atom. The number of hydrogen-bond acceptors (Lipinski definition) is 3. The van der Waals surface area contributed by atoms with Crippen LogP contribution in [0.1, 0.15) is 26.3 Å². The van der Waals surface area contributed by atoms with Crippen molar-refractivity contribution in [3.8, 4) is 11.5 Å². The van der Waals surface area contributed by atoms with Gasteiger partial charge < -0.3 is 15.2 Å². The van der Waals surface area contributed by atoms with Gasteiger partial charge in [0.15, 0.2) is 11.5 Å². The van der Waals surface area contributed by atoms with Gasteiger partial charge in [0, 0.05) is 11.8 Å². The van der Waals surface area contributed by atoms with Crippen molar-refractivity contribution in [2.24, 2.45) is 0 Å². The number of anilines is 1. The predicted molar refractivity (Wildman–Crippen MR) is 60.5 cm³/mol. The van der Waals surface area contributed by atoms with Crippen LogP contribution in [0.3, 0.4) is 0 Å². The maximum atomic E-state index is 6.00. The molecular weight excluding hydrogens is 190 g/mol. The molecule has 2 N–H and O–H groups in total. The summed E-state index contributed by atoms with van der Waals surface area (Å²) in [6, 6.07) is 3.85. The first-order valence-electron chi connectivity index (χ1n) is 5.18. The van der Waals surface area contributed by atoms with Crippen LogP contribution in [0.15, 0.2) is 12.1 Å². The lowest BCUT2D eigenvalue weighted by Crippen LogP contribution is -2.19. The van der Waals surface area contributed by atoms with E-state index in [1.807, 2.05) is 12.1 Å². The van der Waals surface area contributed by atoms with Crippen molar-refractivity contribution in [1.29, 1.82) is 0 Å². The lowest BCUT2D eigenvalue weighted by atomic mass is 9.85. The summed E-state index contributed by atoms with van der Waals surface area (Å²) >= 11 is 0. The van der Waals surface area contributed by atoms with Gasteiger partial charge in [-0.1, -0.05) is 20.8 Å². The molecule has 0 spiro atoms. The van der Waals surface area contributed by atoms with Crippen molar-refractivity contribution in [2.75, 3.05) is 18.9 Å². The standard InChI is InChI=1S/C12H17NO2/c1-12(2,3)8-6-10-11(7-9(8)13)15-5-4-14-10/h6-7H,4-5,13H2,1-3H3. The molecule has 2 rings (SSSR count). The molecular formula is C12H17NO2. The Balaban J connectivity index is 2.50. The van der Waals surface area contributed by atoms with Gasteiger partial charge in [-0.15, -0.1) is 0 Å². The molecule has 1 aromatic carbocycles. The largest absolute Gasteiger partial charge is 0.486 e. The maximum absolute atomic E-state index is 6.00. The minimum absolute atomic E-state index is 0.0277. The molecule has 3 heteroatoms. The fraction of sp³-hybridized carbons (Fsp3) is 0.500. The molecule has 15 heavy (non-hydrogen) atoms. The summed E-state index contributed by atoms with van der Waals surface area (Å²) in [6.07, 6.45) is 0. The Morgan fingerprint density at radius 1 is 1.07 bits per heavy atom. The van der Waals surface area contributed by atoms with Gasteiger partial charge in [-0.25, -0.2) is 0 Å². The number of fused-ring (bicyclic) bond motifs is 1. The van der Waals surface area contributed by atoms with Crippen molar-refractivity contribution < 1.29 is 9.47 Å². The van der Waals surface area contributed by atoms with Gasteiger partial charge in [-0.3, -0.25) is 0 Å². The van der Waals surface area contributed by atoms with Gasteiger partial charge >= 0.3 is 0 Å². The number of rotatable bonds is 0. The molecule has 0 saturated heterocycles. The molecule has 0 amide bonds. The average molecular weight is 207 g/mol. The molecule has 82 valence electrons. The molecule has 0 fully saturated rings. The van der Waals surface area contributed by atoms with E-state index in [0.29, 0.717) is 13.2 Å². The van der Waals surface area contributed by atoms with Crippen LogP contribution in [0.5, 0.6) is 11.5 Å². The zero-order valence-corrected chi connectivity index (χ0v) is 9.46. The second-order valence-electron chi connectivity index (χ2n) is 4.83. The van der Waals surface area contributed by atoms with Crippen molar-refractivity contribution in [2.45, 2.75) is 26.2 Å². The van der Waals surface area contributed by atoms with E-state index in [1.165, 1.54) is 0 Å². The Hall–Kier alpha value is -1.38. The third-order valence-electron chi connectivity index (χ3n) is 2.52. The van der Waals surface area contributed by atoms with Crippen LogP contribution in [0, 0.1) is 0 Å².